The molecule has 4 aromatic rings. The molecule has 412 valence electrons. The number of piperidine rings is 2. The summed E-state index contributed by atoms with van der Waals surface area (Å²) in [6, 6.07) is 12.4. The third-order valence-corrected chi connectivity index (χ3v) is 15.7. The van der Waals surface area contributed by atoms with E-state index >= 15 is 0 Å². The van der Waals surface area contributed by atoms with Gasteiger partial charge in [-0.15, -0.1) is 0 Å². The van der Waals surface area contributed by atoms with Gasteiger partial charge in [-0.2, -0.15) is 10.2 Å². The van der Waals surface area contributed by atoms with Crippen molar-refractivity contribution in [1.82, 2.24) is 50.4 Å². The van der Waals surface area contributed by atoms with Crippen LogP contribution in [0.4, 0.5) is 9.59 Å². The van der Waals surface area contributed by atoms with Crippen molar-refractivity contribution >= 4 is 47.3 Å². The van der Waals surface area contributed by atoms with Gasteiger partial charge in [0.25, 0.3) is 0 Å². The molecule has 2 aliphatic carbocycles. The maximum atomic E-state index is 13.8. The minimum absolute atomic E-state index is 0.0705. The first-order valence-corrected chi connectivity index (χ1v) is 27.8. The van der Waals surface area contributed by atoms with Crippen LogP contribution in [0.3, 0.4) is 0 Å². The molecule has 4 fully saturated rings. The van der Waals surface area contributed by atoms with Crippen LogP contribution in [0.15, 0.2) is 73.8 Å². The fourth-order valence-electron chi connectivity index (χ4n) is 11.4. The van der Waals surface area contributed by atoms with E-state index in [9.17, 15) is 19.2 Å². The number of alkyl carbamates (subject to hydrolysis) is 2. The molecule has 2 aromatic heterocycles. The zero-order chi connectivity index (χ0) is 54.1. The van der Waals surface area contributed by atoms with Crippen molar-refractivity contribution in [3.63, 3.8) is 0 Å². The van der Waals surface area contributed by atoms with Crippen molar-refractivity contribution in [2.75, 3.05) is 26.2 Å². The number of likely N-dealkylation sites (tertiary alicyclic amines) is 1. The van der Waals surface area contributed by atoms with Crippen LogP contribution in [0.1, 0.15) is 143 Å². The minimum atomic E-state index is -1.12. The molecule has 0 spiro atoms. The second kappa shape index (κ2) is 27.7. The molecular weight excluding hydrogens is 996 g/mol. The SMILES string of the molecule is CC(C)(C)OC(=O)NC(Cc1ccc(Cl)cc1)C(=O)N1CCC(Cn2cncn2)(C2CCCCC2)CC1.CC(C)(C)OC(=O)NC(Cc1ccc(Cl)cc1)C(=O)O.c1ncn(CC2(C3CCCCC3)CCNCC2)n1. The van der Waals surface area contributed by atoms with Crippen molar-refractivity contribution in [2.45, 2.75) is 181 Å². The van der Waals surface area contributed by atoms with Gasteiger partial charge in [-0.25, -0.2) is 24.4 Å². The van der Waals surface area contributed by atoms with Crippen LogP contribution in [0, 0.1) is 22.7 Å². The Hall–Kier alpha value is -5.26. The summed E-state index contributed by atoms with van der Waals surface area (Å²) >= 11 is 11.8. The van der Waals surface area contributed by atoms with Gasteiger partial charge in [0.15, 0.2) is 0 Å². The summed E-state index contributed by atoms with van der Waals surface area (Å²) in [5.41, 5.74) is 0.947. The molecule has 3 amide bonds. The molecule has 2 aromatic carbocycles. The molecular formula is C56H82Cl2N10O7. The van der Waals surface area contributed by atoms with E-state index in [1.54, 1.807) is 76.2 Å². The topological polar surface area (TPSA) is 208 Å². The monoisotopic (exact) mass is 1080 g/mol. The Kier molecular flexibility index (Phi) is 21.8. The molecule has 0 bridgehead atoms. The Bertz CT molecular complexity index is 2350. The number of carbonyl (C=O) groups excluding carboxylic acids is 3. The predicted octanol–water partition coefficient (Wildman–Crippen LogP) is 10.3. The summed E-state index contributed by atoms with van der Waals surface area (Å²) in [6.07, 6.45) is 24.1. The number of aliphatic carboxylic acids is 1. The predicted molar refractivity (Wildman–Crippen MR) is 290 cm³/mol. The Morgan fingerprint density at radius 1 is 0.640 bits per heavy atom. The van der Waals surface area contributed by atoms with Crippen LogP contribution in [0.2, 0.25) is 10.0 Å². The number of amides is 3. The lowest BCUT2D eigenvalue weighted by Gasteiger charge is -2.48. The second-order valence-electron chi connectivity index (χ2n) is 23.1. The molecule has 19 heteroatoms. The number of carboxylic acids is 1. The summed E-state index contributed by atoms with van der Waals surface area (Å²) in [5.74, 6) is 0.342. The molecule has 4 N–H and O–H groups in total. The summed E-state index contributed by atoms with van der Waals surface area (Å²) in [7, 11) is 0. The fraction of sp³-hybridized carbons (Fsp3) is 0.643. The number of ether oxygens (including phenoxy) is 2. The molecule has 0 radical (unpaired) electrons. The van der Waals surface area contributed by atoms with Gasteiger partial charge in [0.2, 0.25) is 5.91 Å². The number of carboxylic acid groups (broad SMARTS) is 1. The van der Waals surface area contributed by atoms with Gasteiger partial charge in [-0.1, -0.05) is 86.0 Å². The molecule has 75 heavy (non-hydrogen) atoms. The molecule has 4 heterocycles. The second-order valence-corrected chi connectivity index (χ2v) is 23.9. The van der Waals surface area contributed by atoms with Gasteiger partial charge in [0, 0.05) is 49.1 Å². The van der Waals surface area contributed by atoms with E-state index in [1.165, 1.54) is 90.1 Å². The van der Waals surface area contributed by atoms with E-state index in [0.29, 0.717) is 40.9 Å². The van der Waals surface area contributed by atoms with Crippen molar-refractivity contribution in [1.29, 1.82) is 0 Å². The van der Waals surface area contributed by atoms with Gasteiger partial charge in [0.1, 0.15) is 48.6 Å². The van der Waals surface area contributed by atoms with Crippen LogP contribution in [0.5, 0.6) is 0 Å². The molecule has 17 nitrogen and oxygen atoms in total. The number of rotatable bonds is 14. The largest absolute Gasteiger partial charge is 0.480 e. The maximum Gasteiger partial charge on any atom is 0.408 e. The quantitative estimate of drug-likeness (QED) is 0.0930. The molecule has 4 aliphatic rings. The van der Waals surface area contributed by atoms with E-state index in [0.717, 1.165) is 43.0 Å². The van der Waals surface area contributed by atoms with Crippen LogP contribution in [0.25, 0.3) is 0 Å². The summed E-state index contributed by atoms with van der Waals surface area (Å²) in [4.78, 5) is 59.4. The highest BCUT2D eigenvalue weighted by Crippen LogP contribution is 2.48. The zero-order valence-corrected chi connectivity index (χ0v) is 46.6. The first-order chi connectivity index (χ1) is 35.7. The normalized spacial score (nSPS) is 18.9. The number of hydrogen-bond donors (Lipinski definition) is 4. The van der Waals surface area contributed by atoms with Crippen molar-refractivity contribution in [3.05, 3.63) is 95.0 Å². The van der Waals surface area contributed by atoms with Crippen LogP contribution >= 0.6 is 23.2 Å². The van der Waals surface area contributed by atoms with E-state index in [-0.39, 0.29) is 17.7 Å². The van der Waals surface area contributed by atoms with Gasteiger partial charge in [-0.3, -0.25) is 14.2 Å². The zero-order valence-electron chi connectivity index (χ0n) is 45.1. The first kappa shape index (κ1) is 59.0. The highest BCUT2D eigenvalue weighted by Gasteiger charge is 2.44. The number of nitrogens with one attached hydrogen (secondary N) is 3. The maximum absolute atomic E-state index is 13.8. The molecule has 2 unspecified atom stereocenters. The number of halogens is 2. The standard InChI is InChI=1S/C28H40ClN5O3.C14H18ClNO4.C14H24N4/c1-27(2,3)37-26(36)32-24(17-21-9-11-23(29)12-10-21)25(35)33-15-13-28(14-16-33,18-34-20-30-19-31-34)22-7-5-4-6-8-22;1-14(2,3)20-13(19)16-11(12(17)18)8-9-4-6-10(15)7-5-9;1-2-4-13(5-3-1)14(6-8-15-9-7-14)10-18-12-16-11-17-18/h9-12,19-20,22,24H,4-8,13-18H2,1-3H3,(H,32,36);4-7,11H,8H2,1-3H3,(H,16,19)(H,17,18);11-13,15H,1-10H2. The first-order valence-electron chi connectivity index (χ1n) is 27.0. The van der Waals surface area contributed by atoms with Crippen molar-refractivity contribution in [2.24, 2.45) is 22.7 Å². The van der Waals surface area contributed by atoms with E-state index in [1.807, 2.05) is 48.8 Å². The highest BCUT2D eigenvalue weighted by molar-refractivity contribution is 6.30. The number of nitrogens with zero attached hydrogens (tertiary/aromatic N) is 7. The van der Waals surface area contributed by atoms with Gasteiger partial charge in [-0.05, 0) is 164 Å². The van der Waals surface area contributed by atoms with E-state index in [4.69, 9.17) is 37.8 Å². The van der Waals surface area contributed by atoms with Crippen LogP contribution in [-0.4, -0.2) is 113 Å². The van der Waals surface area contributed by atoms with Gasteiger partial charge < -0.3 is 35.4 Å². The van der Waals surface area contributed by atoms with Gasteiger partial charge >= 0.3 is 18.2 Å². The number of benzene rings is 2. The van der Waals surface area contributed by atoms with Crippen molar-refractivity contribution < 1.29 is 33.8 Å². The van der Waals surface area contributed by atoms with Crippen molar-refractivity contribution in [3.8, 4) is 0 Å². The average molecular weight is 1080 g/mol. The Morgan fingerprint density at radius 3 is 1.43 bits per heavy atom. The molecule has 8 rings (SSSR count). The lowest BCUT2D eigenvalue weighted by molar-refractivity contribution is -0.139. The Balaban J connectivity index is 0.000000202. The number of aromatic nitrogens is 6. The number of hydrogen-bond acceptors (Lipinski definition) is 11. The van der Waals surface area contributed by atoms with Gasteiger partial charge in [0.05, 0.1) is 0 Å². The minimum Gasteiger partial charge on any atom is -0.480 e. The number of carbonyl (C=O) groups is 4. The van der Waals surface area contributed by atoms with E-state index in [2.05, 4.69) is 40.8 Å². The summed E-state index contributed by atoms with van der Waals surface area (Å²) in [6.45, 7) is 16.1. The summed E-state index contributed by atoms with van der Waals surface area (Å²) in [5, 5.41) is 27.8. The molecule has 2 saturated heterocycles. The lowest BCUT2D eigenvalue weighted by atomic mass is 9.63. The lowest BCUT2D eigenvalue weighted by Crippen LogP contribution is -2.55. The Morgan fingerprint density at radius 2 is 1.04 bits per heavy atom. The average Bonchev–Trinajstić information content (AvgIpc) is 4.10. The fourth-order valence-corrected chi connectivity index (χ4v) is 11.7. The smallest absolute Gasteiger partial charge is 0.408 e. The molecule has 2 atom stereocenters. The molecule has 2 saturated carbocycles. The molecule has 2 aliphatic heterocycles. The Labute approximate surface area is 454 Å². The van der Waals surface area contributed by atoms with E-state index < -0.39 is 41.4 Å². The third-order valence-electron chi connectivity index (χ3n) is 15.2. The third kappa shape index (κ3) is 19.1. The summed E-state index contributed by atoms with van der Waals surface area (Å²) < 4.78 is 14.5. The van der Waals surface area contributed by atoms with Crippen LogP contribution < -0.4 is 16.0 Å². The highest BCUT2D eigenvalue weighted by atomic mass is 35.5. The van der Waals surface area contributed by atoms with Crippen LogP contribution in [-0.2, 0) is 45.0 Å².